The molecule has 1 saturated carbocycles. The van der Waals surface area contributed by atoms with Crippen molar-refractivity contribution in [3.05, 3.63) is 57.2 Å². The number of rotatable bonds is 4. The zero-order valence-corrected chi connectivity index (χ0v) is 12.1. The van der Waals surface area contributed by atoms with Crippen LogP contribution in [0, 0.1) is 5.82 Å². The molecule has 0 bridgehead atoms. The Balaban J connectivity index is 1.75. The summed E-state index contributed by atoms with van der Waals surface area (Å²) in [7, 11) is 0. The largest absolute Gasteiger partial charge is 0.381 e. The summed E-state index contributed by atoms with van der Waals surface area (Å²) in [5, 5.41) is 7.47. The molecule has 1 aliphatic rings. The number of nitrogens with one attached hydrogen (secondary N) is 1. The van der Waals surface area contributed by atoms with Crippen LogP contribution in [0.25, 0.3) is 0 Å². The zero-order chi connectivity index (χ0) is 14.8. The maximum atomic E-state index is 13.4. The molecule has 0 spiro atoms. The second-order valence-corrected chi connectivity index (χ2v) is 5.67. The van der Waals surface area contributed by atoms with Crippen molar-refractivity contribution >= 4 is 17.3 Å². The molecule has 6 heteroatoms. The van der Waals surface area contributed by atoms with E-state index in [2.05, 4.69) is 10.4 Å². The third kappa shape index (κ3) is 3.24. The first-order chi connectivity index (χ1) is 10.1. The zero-order valence-electron chi connectivity index (χ0n) is 11.4. The summed E-state index contributed by atoms with van der Waals surface area (Å²) < 4.78 is 14.7. The summed E-state index contributed by atoms with van der Waals surface area (Å²) >= 11 is 5.64. The third-order valence-electron chi connectivity index (χ3n) is 3.66. The van der Waals surface area contributed by atoms with Gasteiger partial charge < -0.3 is 5.32 Å². The van der Waals surface area contributed by atoms with Gasteiger partial charge in [0, 0.05) is 12.1 Å². The Labute approximate surface area is 126 Å². The predicted molar refractivity (Wildman–Crippen MR) is 80.3 cm³/mol. The molecule has 1 N–H and O–H groups in total. The molecule has 1 fully saturated rings. The van der Waals surface area contributed by atoms with Crippen molar-refractivity contribution < 1.29 is 4.39 Å². The Morgan fingerprint density at radius 3 is 2.81 bits per heavy atom. The summed E-state index contributed by atoms with van der Waals surface area (Å²) in [4.78, 5) is 12.0. The van der Waals surface area contributed by atoms with Gasteiger partial charge in [0.05, 0.1) is 23.5 Å². The molecule has 0 amide bonds. The van der Waals surface area contributed by atoms with Crippen LogP contribution >= 0.6 is 11.6 Å². The van der Waals surface area contributed by atoms with Crippen molar-refractivity contribution in [1.29, 1.82) is 0 Å². The summed E-state index contributed by atoms with van der Waals surface area (Å²) in [6.07, 6.45) is 5.12. The van der Waals surface area contributed by atoms with Gasteiger partial charge in [-0.15, -0.1) is 0 Å². The third-order valence-corrected chi connectivity index (χ3v) is 3.97. The molecular formula is C15H15ClFN3O. The highest BCUT2D eigenvalue weighted by molar-refractivity contribution is 6.30. The molecule has 1 aromatic carbocycles. The Kier molecular flexibility index (Phi) is 3.92. The van der Waals surface area contributed by atoms with Crippen LogP contribution < -0.4 is 10.9 Å². The molecule has 4 nitrogen and oxygen atoms in total. The maximum absolute atomic E-state index is 13.4. The molecule has 3 rings (SSSR count). The molecule has 1 heterocycles. The maximum Gasteiger partial charge on any atom is 0.269 e. The lowest BCUT2D eigenvalue weighted by molar-refractivity contribution is 0.445. The first-order valence-electron chi connectivity index (χ1n) is 6.89. The second kappa shape index (κ2) is 5.85. The highest BCUT2D eigenvalue weighted by Crippen LogP contribution is 2.22. The van der Waals surface area contributed by atoms with E-state index in [0.717, 1.165) is 18.5 Å². The fourth-order valence-electron chi connectivity index (χ4n) is 2.23. The number of aromatic nitrogens is 2. The van der Waals surface area contributed by atoms with Gasteiger partial charge in [0.1, 0.15) is 5.82 Å². The van der Waals surface area contributed by atoms with Crippen LogP contribution in [0.3, 0.4) is 0 Å². The monoisotopic (exact) mass is 307 g/mol. The molecule has 110 valence electrons. The van der Waals surface area contributed by atoms with E-state index >= 15 is 0 Å². The van der Waals surface area contributed by atoms with Gasteiger partial charge in [-0.05, 0) is 37.0 Å². The molecule has 1 aromatic heterocycles. The van der Waals surface area contributed by atoms with Gasteiger partial charge in [0.2, 0.25) is 0 Å². The summed E-state index contributed by atoms with van der Waals surface area (Å²) in [6.45, 7) is 0.219. The van der Waals surface area contributed by atoms with E-state index in [1.54, 1.807) is 12.3 Å². The van der Waals surface area contributed by atoms with Crippen LogP contribution in [0.15, 0.2) is 35.3 Å². The average molecular weight is 308 g/mol. The van der Waals surface area contributed by atoms with Crippen molar-refractivity contribution in [2.75, 3.05) is 5.32 Å². The number of hydrogen-bond acceptors (Lipinski definition) is 3. The number of anilines is 1. The Bertz CT molecular complexity index is 712. The van der Waals surface area contributed by atoms with E-state index < -0.39 is 5.82 Å². The Morgan fingerprint density at radius 1 is 1.38 bits per heavy atom. The van der Waals surface area contributed by atoms with Crippen LogP contribution in [-0.2, 0) is 6.54 Å². The standard InChI is InChI=1S/C15H15ClFN3O/c16-13-5-4-10(6-14(13)17)9-20-15(21)7-12(8-18-20)19-11-2-1-3-11/h4-8,11,19H,1-3,9H2. The highest BCUT2D eigenvalue weighted by Gasteiger charge is 2.17. The molecule has 2 aromatic rings. The fourth-order valence-corrected chi connectivity index (χ4v) is 2.35. The van der Waals surface area contributed by atoms with Crippen molar-refractivity contribution in [1.82, 2.24) is 9.78 Å². The van der Waals surface area contributed by atoms with Crippen LogP contribution in [0.4, 0.5) is 10.1 Å². The van der Waals surface area contributed by atoms with Gasteiger partial charge in [0.25, 0.3) is 5.56 Å². The van der Waals surface area contributed by atoms with Gasteiger partial charge in [-0.2, -0.15) is 5.10 Å². The number of benzene rings is 1. The first kappa shape index (κ1) is 14.1. The van der Waals surface area contributed by atoms with Gasteiger partial charge in [-0.25, -0.2) is 9.07 Å². The topological polar surface area (TPSA) is 46.9 Å². The van der Waals surface area contributed by atoms with Crippen molar-refractivity contribution in [3.8, 4) is 0 Å². The van der Waals surface area contributed by atoms with Gasteiger partial charge in [-0.1, -0.05) is 17.7 Å². The van der Waals surface area contributed by atoms with Crippen LogP contribution in [0.5, 0.6) is 0 Å². The van der Waals surface area contributed by atoms with Crippen LogP contribution in [-0.4, -0.2) is 15.8 Å². The van der Waals surface area contributed by atoms with E-state index in [4.69, 9.17) is 11.6 Å². The smallest absolute Gasteiger partial charge is 0.269 e. The van der Waals surface area contributed by atoms with Crippen molar-refractivity contribution in [2.24, 2.45) is 0 Å². The molecule has 0 atom stereocenters. The van der Waals surface area contributed by atoms with Gasteiger partial charge in [0.15, 0.2) is 0 Å². The first-order valence-corrected chi connectivity index (χ1v) is 7.27. The summed E-state index contributed by atoms with van der Waals surface area (Å²) in [5.74, 6) is -0.495. The lowest BCUT2D eigenvalue weighted by Crippen LogP contribution is -2.29. The number of halogens is 2. The lowest BCUT2D eigenvalue weighted by Gasteiger charge is -2.27. The molecular weight excluding hydrogens is 293 g/mol. The minimum Gasteiger partial charge on any atom is -0.381 e. The quantitative estimate of drug-likeness (QED) is 0.944. The van der Waals surface area contributed by atoms with Crippen molar-refractivity contribution in [3.63, 3.8) is 0 Å². The molecule has 21 heavy (non-hydrogen) atoms. The fraction of sp³-hybridized carbons (Fsp3) is 0.333. The minimum atomic E-state index is -0.495. The van der Waals surface area contributed by atoms with Crippen molar-refractivity contribution in [2.45, 2.75) is 31.8 Å². The molecule has 0 saturated heterocycles. The molecule has 0 radical (unpaired) electrons. The van der Waals surface area contributed by atoms with Crippen LogP contribution in [0.1, 0.15) is 24.8 Å². The number of hydrogen-bond donors (Lipinski definition) is 1. The van der Waals surface area contributed by atoms with E-state index in [1.165, 1.54) is 29.3 Å². The van der Waals surface area contributed by atoms with E-state index in [0.29, 0.717) is 11.6 Å². The van der Waals surface area contributed by atoms with E-state index in [-0.39, 0.29) is 17.1 Å². The molecule has 0 unspecified atom stereocenters. The summed E-state index contributed by atoms with van der Waals surface area (Å²) in [6, 6.07) is 6.45. The second-order valence-electron chi connectivity index (χ2n) is 5.26. The Hall–Kier alpha value is -1.88. The molecule has 1 aliphatic carbocycles. The summed E-state index contributed by atoms with van der Waals surface area (Å²) in [5.41, 5.74) is 1.17. The van der Waals surface area contributed by atoms with E-state index in [1.807, 2.05) is 0 Å². The highest BCUT2D eigenvalue weighted by atomic mass is 35.5. The predicted octanol–water partition coefficient (Wildman–Crippen LogP) is 3.05. The Morgan fingerprint density at radius 2 is 2.19 bits per heavy atom. The lowest BCUT2D eigenvalue weighted by atomic mass is 9.93. The number of nitrogens with zero attached hydrogens (tertiary/aromatic N) is 2. The van der Waals surface area contributed by atoms with Gasteiger partial charge in [-0.3, -0.25) is 4.79 Å². The normalized spacial score (nSPS) is 14.8. The minimum absolute atomic E-state index is 0.0686. The van der Waals surface area contributed by atoms with Gasteiger partial charge >= 0.3 is 0 Å². The van der Waals surface area contributed by atoms with Crippen LogP contribution in [0.2, 0.25) is 5.02 Å². The SMILES string of the molecule is O=c1cc(NC2CCC2)cnn1Cc1ccc(Cl)c(F)c1. The average Bonchev–Trinajstić information content (AvgIpc) is 2.41. The molecule has 0 aliphatic heterocycles. The van der Waals surface area contributed by atoms with E-state index in [9.17, 15) is 9.18 Å².